The number of benzene rings is 1. The van der Waals surface area contributed by atoms with E-state index >= 15 is 0 Å². The SMILES string of the molecule is COCC(C)NC(=O)COc1ccc(S(N)(=O)=O)cc1F. The molecule has 1 unspecified atom stereocenters. The highest BCUT2D eigenvalue weighted by Crippen LogP contribution is 2.20. The van der Waals surface area contributed by atoms with E-state index in [-0.39, 0.29) is 16.7 Å². The summed E-state index contributed by atoms with van der Waals surface area (Å²) in [5.41, 5.74) is 0. The lowest BCUT2D eigenvalue weighted by atomic mass is 10.3. The van der Waals surface area contributed by atoms with Gasteiger partial charge in [0.05, 0.1) is 11.5 Å². The van der Waals surface area contributed by atoms with Gasteiger partial charge >= 0.3 is 0 Å². The fraction of sp³-hybridized carbons (Fsp3) is 0.417. The molecule has 0 fully saturated rings. The molecule has 1 aromatic rings. The molecule has 0 bridgehead atoms. The van der Waals surface area contributed by atoms with Crippen molar-refractivity contribution < 1.29 is 27.1 Å². The van der Waals surface area contributed by atoms with Crippen LogP contribution in [0.3, 0.4) is 0 Å². The number of methoxy groups -OCH3 is 1. The molecule has 21 heavy (non-hydrogen) atoms. The minimum absolute atomic E-state index is 0.208. The van der Waals surface area contributed by atoms with Crippen molar-refractivity contribution in [2.75, 3.05) is 20.3 Å². The van der Waals surface area contributed by atoms with E-state index in [1.165, 1.54) is 7.11 Å². The summed E-state index contributed by atoms with van der Waals surface area (Å²) in [5, 5.41) is 7.45. The van der Waals surface area contributed by atoms with Crippen molar-refractivity contribution in [3.05, 3.63) is 24.0 Å². The van der Waals surface area contributed by atoms with Crippen LogP contribution in [0.1, 0.15) is 6.92 Å². The predicted octanol–water partition coefficient (Wildman–Crippen LogP) is 0.00300. The third-order valence-corrected chi connectivity index (χ3v) is 3.33. The van der Waals surface area contributed by atoms with E-state index in [4.69, 9.17) is 14.6 Å². The fourth-order valence-corrected chi connectivity index (χ4v) is 2.05. The molecular formula is C12H17FN2O5S. The lowest BCUT2D eigenvalue weighted by molar-refractivity contribution is -0.124. The van der Waals surface area contributed by atoms with Crippen LogP contribution in [-0.4, -0.2) is 40.7 Å². The zero-order valence-electron chi connectivity index (χ0n) is 11.6. The minimum Gasteiger partial charge on any atom is -0.481 e. The highest BCUT2D eigenvalue weighted by molar-refractivity contribution is 7.89. The van der Waals surface area contributed by atoms with Crippen LogP contribution < -0.4 is 15.2 Å². The average Bonchev–Trinajstić information content (AvgIpc) is 2.36. The Morgan fingerprint density at radius 3 is 2.67 bits per heavy atom. The van der Waals surface area contributed by atoms with E-state index in [1.54, 1.807) is 6.92 Å². The Balaban J connectivity index is 2.62. The van der Waals surface area contributed by atoms with Gasteiger partial charge in [0.25, 0.3) is 5.91 Å². The van der Waals surface area contributed by atoms with E-state index in [1.807, 2.05) is 0 Å². The number of nitrogens with two attached hydrogens (primary N) is 1. The predicted molar refractivity (Wildman–Crippen MR) is 72.7 cm³/mol. The summed E-state index contributed by atoms with van der Waals surface area (Å²) in [6, 6.07) is 2.72. The summed E-state index contributed by atoms with van der Waals surface area (Å²) in [6.07, 6.45) is 0. The van der Waals surface area contributed by atoms with Crippen molar-refractivity contribution in [1.29, 1.82) is 0 Å². The summed E-state index contributed by atoms with van der Waals surface area (Å²) in [5.74, 6) is -1.61. The van der Waals surface area contributed by atoms with Gasteiger partial charge in [-0.15, -0.1) is 0 Å². The fourth-order valence-electron chi connectivity index (χ4n) is 1.53. The second-order valence-corrected chi connectivity index (χ2v) is 5.91. The van der Waals surface area contributed by atoms with Gasteiger partial charge in [0.1, 0.15) is 0 Å². The summed E-state index contributed by atoms with van der Waals surface area (Å²) in [6.45, 7) is 1.67. The molecule has 0 aliphatic carbocycles. The van der Waals surface area contributed by atoms with Gasteiger partial charge in [-0.3, -0.25) is 4.79 Å². The average molecular weight is 320 g/mol. The number of carbonyl (C=O) groups excluding carboxylic acids is 1. The Morgan fingerprint density at radius 1 is 1.48 bits per heavy atom. The monoisotopic (exact) mass is 320 g/mol. The zero-order chi connectivity index (χ0) is 16.0. The van der Waals surface area contributed by atoms with Crippen LogP contribution in [0.2, 0.25) is 0 Å². The summed E-state index contributed by atoms with van der Waals surface area (Å²) in [4.78, 5) is 11.1. The molecule has 0 saturated heterocycles. The zero-order valence-corrected chi connectivity index (χ0v) is 12.4. The maximum Gasteiger partial charge on any atom is 0.258 e. The number of primary sulfonamides is 1. The number of hydrogen-bond donors (Lipinski definition) is 2. The van der Waals surface area contributed by atoms with Crippen molar-refractivity contribution in [2.24, 2.45) is 5.14 Å². The van der Waals surface area contributed by atoms with Crippen molar-refractivity contribution in [3.8, 4) is 5.75 Å². The molecule has 0 aliphatic heterocycles. The van der Waals surface area contributed by atoms with Crippen molar-refractivity contribution in [1.82, 2.24) is 5.32 Å². The standard InChI is InChI=1S/C12H17FN2O5S/c1-8(6-19-2)15-12(16)7-20-11-4-3-9(5-10(11)13)21(14,17)18/h3-5,8H,6-7H2,1-2H3,(H,15,16)(H2,14,17,18). The number of sulfonamides is 1. The molecule has 0 saturated carbocycles. The van der Waals surface area contributed by atoms with Crippen LogP contribution in [-0.2, 0) is 19.6 Å². The summed E-state index contributed by atoms with van der Waals surface area (Å²) >= 11 is 0. The van der Waals surface area contributed by atoms with E-state index in [0.717, 1.165) is 18.2 Å². The van der Waals surface area contributed by atoms with Gasteiger partial charge in [-0.25, -0.2) is 17.9 Å². The molecule has 7 nitrogen and oxygen atoms in total. The lowest BCUT2D eigenvalue weighted by Crippen LogP contribution is -2.38. The van der Waals surface area contributed by atoms with Gasteiger partial charge in [0, 0.05) is 13.2 Å². The molecule has 0 spiro atoms. The number of ether oxygens (including phenoxy) is 2. The Kier molecular flexibility index (Phi) is 6.06. The first-order valence-corrected chi connectivity index (χ1v) is 7.52. The van der Waals surface area contributed by atoms with Gasteiger partial charge in [0.15, 0.2) is 18.2 Å². The Hall–Kier alpha value is -1.71. The van der Waals surface area contributed by atoms with Crippen molar-refractivity contribution in [3.63, 3.8) is 0 Å². The number of halogens is 1. The molecule has 0 radical (unpaired) electrons. The minimum atomic E-state index is -3.98. The third-order valence-electron chi connectivity index (χ3n) is 2.41. The highest BCUT2D eigenvalue weighted by atomic mass is 32.2. The van der Waals surface area contributed by atoms with Gasteiger partial charge in [0.2, 0.25) is 10.0 Å². The van der Waals surface area contributed by atoms with E-state index in [2.05, 4.69) is 5.32 Å². The van der Waals surface area contributed by atoms with E-state index < -0.39 is 28.4 Å². The van der Waals surface area contributed by atoms with Gasteiger partial charge in [-0.05, 0) is 25.1 Å². The first-order valence-electron chi connectivity index (χ1n) is 5.97. The normalized spacial score (nSPS) is 12.8. The molecular weight excluding hydrogens is 303 g/mol. The third kappa shape index (κ3) is 5.66. The number of nitrogens with one attached hydrogen (secondary N) is 1. The molecule has 0 heterocycles. The second-order valence-electron chi connectivity index (χ2n) is 4.35. The second kappa shape index (κ2) is 7.34. The molecule has 9 heteroatoms. The highest BCUT2D eigenvalue weighted by Gasteiger charge is 2.14. The number of rotatable bonds is 7. The van der Waals surface area contributed by atoms with Gasteiger partial charge < -0.3 is 14.8 Å². The van der Waals surface area contributed by atoms with E-state index in [9.17, 15) is 17.6 Å². The Bertz CT molecular complexity index is 606. The van der Waals surface area contributed by atoms with Crippen LogP contribution in [0.15, 0.2) is 23.1 Å². The van der Waals surface area contributed by atoms with Crippen LogP contribution >= 0.6 is 0 Å². The lowest BCUT2D eigenvalue weighted by Gasteiger charge is -2.13. The summed E-state index contributed by atoms with van der Waals surface area (Å²) in [7, 11) is -2.48. The van der Waals surface area contributed by atoms with Crippen LogP contribution in [0.5, 0.6) is 5.75 Å². The first kappa shape index (κ1) is 17.3. The molecule has 1 atom stereocenters. The van der Waals surface area contributed by atoms with E-state index in [0.29, 0.717) is 6.61 Å². The Labute approximate surface area is 122 Å². The van der Waals surface area contributed by atoms with Crippen LogP contribution in [0.4, 0.5) is 4.39 Å². The first-order chi connectivity index (χ1) is 9.74. The molecule has 0 aliphatic rings. The van der Waals surface area contributed by atoms with Gasteiger partial charge in [-0.2, -0.15) is 0 Å². The van der Waals surface area contributed by atoms with Gasteiger partial charge in [-0.1, -0.05) is 0 Å². The molecule has 0 aromatic heterocycles. The molecule has 3 N–H and O–H groups in total. The largest absolute Gasteiger partial charge is 0.481 e. The summed E-state index contributed by atoms with van der Waals surface area (Å²) < 4.78 is 45.5. The topological polar surface area (TPSA) is 108 Å². The Morgan fingerprint density at radius 2 is 2.14 bits per heavy atom. The van der Waals surface area contributed by atoms with Crippen molar-refractivity contribution >= 4 is 15.9 Å². The van der Waals surface area contributed by atoms with Crippen molar-refractivity contribution in [2.45, 2.75) is 17.9 Å². The number of carbonyl (C=O) groups is 1. The smallest absolute Gasteiger partial charge is 0.258 e. The van der Waals surface area contributed by atoms with Crippen LogP contribution in [0, 0.1) is 5.82 Å². The maximum absolute atomic E-state index is 13.6. The quantitative estimate of drug-likeness (QED) is 0.735. The molecule has 1 amide bonds. The number of amides is 1. The maximum atomic E-state index is 13.6. The molecule has 1 aromatic carbocycles. The number of hydrogen-bond acceptors (Lipinski definition) is 5. The molecule has 118 valence electrons. The molecule has 1 rings (SSSR count). The van der Waals surface area contributed by atoms with Crippen LogP contribution in [0.25, 0.3) is 0 Å².